The minimum Gasteiger partial charge on any atom is -0.348 e. The molecule has 0 unspecified atom stereocenters. The highest BCUT2D eigenvalue weighted by Gasteiger charge is 2.27. The topological polar surface area (TPSA) is 105 Å². The summed E-state index contributed by atoms with van der Waals surface area (Å²) in [4.78, 5) is 17.3. The van der Waals surface area contributed by atoms with Crippen LogP contribution in [0.5, 0.6) is 0 Å². The zero-order valence-corrected chi connectivity index (χ0v) is 17.9. The first-order valence-electron chi connectivity index (χ1n) is 10.3. The van der Waals surface area contributed by atoms with E-state index in [1.807, 2.05) is 36.4 Å². The van der Waals surface area contributed by atoms with Crippen LogP contribution in [-0.2, 0) is 16.6 Å². The van der Waals surface area contributed by atoms with Crippen molar-refractivity contribution in [2.75, 3.05) is 0 Å². The molecule has 1 aliphatic carbocycles. The second-order valence-corrected chi connectivity index (χ2v) is 9.43. The van der Waals surface area contributed by atoms with Gasteiger partial charge in [0.25, 0.3) is 5.91 Å². The minimum atomic E-state index is -3.49. The van der Waals surface area contributed by atoms with Gasteiger partial charge < -0.3 is 5.32 Å². The third-order valence-electron chi connectivity index (χ3n) is 5.30. The Morgan fingerprint density at radius 2 is 1.78 bits per heavy atom. The van der Waals surface area contributed by atoms with E-state index in [1.54, 1.807) is 35.0 Å². The third-order valence-corrected chi connectivity index (χ3v) is 6.84. The van der Waals surface area contributed by atoms with Gasteiger partial charge in [-0.05, 0) is 36.6 Å². The number of nitrogens with one attached hydrogen (secondary N) is 2. The average molecular weight is 448 g/mol. The van der Waals surface area contributed by atoms with Crippen LogP contribution in [0.25, 0.3) is 16.9 Å². The van der Waals surface area contributed by atoms with Crippen molar-refractivity contribution >= 4 is 21.6 Å². The summed E-state index contributed by atoms with van der Waals surface area (Å²) in [6.45, 7) is 0.255. The fourth-order valence-electron chi connectivity index (χ4n) is 3.43. The Morgan fingerprint density at radius 1 is 1.03 bits per heavy atom. The molecule has 32 heavy (non-hydrogen) atoms. The number of carbonyl (C=O) groups is 1. The van der Waals surface area contributed by atoms with Gasteiger partial charge in [0.1, 0.15) is 5.56 Å². The normalized spacial score (nSPS) is 13.9. The molecule has 2 heterocycles. The molecule has 2 N–H and O–H groups in total. The van der Waals surface area contributed by atoms with E-state index >= 15 is 0 Å². The van der Waals surface area contributed by atoms with Crippen molar-refractivity contribution in [2.45, 2.75) is 30.3 Å². The molecule has 9 heteroatoms. The molecule has 0 spiro atoms. The van der Waals surface area contributed by atoms with Crippen LogP contribution in [0.4, 0.5) is 0 Å². The smallest absolute Gasteiger partial charge is 0.257 e. The number of fused-ring (bicyclic) bond motifs is 1. The van der Waals surface area contributed by atoms with Crippen LogP contribution in [0, 0.1) is 0 Å². The number of rotatable bonds is 7. The molecule has 1 fully saturated rings. The molecule has 0 bridgehead atoms. The highest BCUT2D eigenvalue weighted by molar-refractivity contribution is 7.89. The van der Waals surface area contributed by atoms with Crippen molar-refractivity contribution in [1.82, 2.24) is 24.6 Å². The summed E-state index contributed by atoms with van der Waals surface area (Å²) < 4.78 is 28.8. The molecule has 4 aromatic rings. The van der Waals surface area contributed by atoms with Crippen molar-refractivity contribution in [3.8, 4) is 11.3 Å². The molecule has 0 aliphatic heterocycles. The third kappa shape index (κ3) is 4.12. The Hall–Kier alpha value is -3.56. The lowest BCUT2D eigenvalue weighted by Crippen LogP contribution is -2.26. The zero-order valence-electron chi connectivity index (χ0n) is 17.1. The summed E-state index contributed by atoms with van der Waals surface area (Å²) in [6.07, 6.45) is 4.93. The quantitative estimate of drug-likeness (QED) is 0.453. The van der Waals surface area contributed by atoms with Crippen LogP contribution in [0.1, 0.15) is 28.8 Å². The van der Waals surface area contributed by atoms with Crippen LogP contribution in [-0.4, -0.2) is 35.0 Å². The predicted octanol–water partition coefficient (Wildman–Crippen LogP) is 2.77. The highest BCUT2D eigenvalue weighted by atomic mass is 32.2. The van der Waals surface area contributed by atoms with Crippen molar-refractivity contribution in [3.63, 3.8) is 0 Å². The molecular formula is C23H21N5O3S. The number of hydrogen-bond donors (Lipinski definition) is 2. The van der Waals surface area contributed by atoms with E-state index in [0.717, 1.165) is 29.7 Å². The first-order valence-corrected chi connectivity index (χ1v) is 11.8. The summed E-state index contributed by atoms with van der Waals surface area (Å²) in [5, 5.41) is 7.21. The lowest BCUT2D eigenvalue weighted by molar-refractivity contribution is 0.0952. The van der Waals surface area contributed by atoms with Gasteiger partial charge in [0.15, 0.2) is 5.65 Å². The summed E-state index contributed by atoms with van der Waals surface area (Å²) in [5.74, 6) is -0.301. The van der Waals surface area contributed by atoms with Crippen molar-refractivity contribution in [3.05, 3.63) is 84.2 Å². The Labute approximate surface area is 185 Å². The fourth-order valence-corrected chi connectivity index (χ4v) is 4.74. The molecule has 162 valence electrons. The van der Waals surface area contributed by atoms with Crippen LogP contribution >= 0.6 is 0 Å². The Bertz CT molecular complexity index is 1380. The van der Waals surface area contributed by atoms with E-state index in [2.05, 4.69) is 20.1 Å². The number of carbonyl (C=O) groups excluding carboxylic acids is 1. The summed E-state index contributed by atoms with van der Waals surface area (Å²) >= 11 is 0. The maximum absolute atomic E-state index is 12.8. The van der Waals surface area contributed by atoms with Crippen LogP contribution in [0.3, 0.4) is 0 Å². The van der Waals surface area contributed by atoms with Crippen molar-refractivity contribution in [1.29, 1.82) is 0 Å². The first-order chi connectivity index (χ1) is 15.5. The highest BCUT2D eigenvalue weighted by Crippen LogP contribution is 2.23. The second-order valence-electron chi connectivity index (χ2n) is 7.71. The molecule has 2 aromatic carbocycles. The first kappa shape index (κ1) is 20.3. The summed E-state index contributed by atoms with van der Waals surface area (Å²) in [6, 6.07) is 18.2. The predicted molar refractivity (Wildman–Crippen MR) is 119 cm³/mol. The van der Waals surface area contributed by atoms with E-state index in [1.165, 1.54) is 6.20 Å². The lowest BCUT2D eigenvalue weighted by Gasteiger charge is -2.08. The molecule has 2 aromatic heterocycles. The molecule has 8 nitrogen and oxygen atoms in total. The molecule has 5 rings (SSSR count). The van der Waals surface area contributed by atoms with Gasteiger partial charge in [-0.2, -0.15) is 5.10 Å². The monoisotopic (exact) mass is 447 g/mol. The zero-order chi connectivity index (χ0) is 22.1. The minimum absolute atomic E-state index is 0.0563. The molecule has 1 amide bonds. The molecule has 1 saturated carbocycles. The van der Waals surface area contributed by atoms with E-state index in [-0.39, 0.29) is 23.4 Å². The summed E-state index contributed by atoms with van der Waals surface area (Å²) in [7, 11) is -3.49. The van der Waals surface area contributed by atoms with E-state index in [0.29, 0.717) is 11.2 Å². The van der Waals surface area contributed by atoms with Gasteiger partial charge in [0.05, 0.1) is 16.8 Å². The van der Waals surface area contributed by atoms with E-state index < -0.39 is 10.0 Å². The molecule has 0 saturated heterocycles. The number of sulfonamides is 1. The summed E-state index contributed by atoms with van der Waals surface area (Å²) in [5.41, 5.74) is 3.44. The van der Waals surface area contributed by atoms with Gasteiger partial charge >= 0.3 is 0 Å². The van der Waals surface area contributed by atoms with Gasteiger partial charge in [-0.25, -0.2) is 22.6 Å². The van der Waals surface area contributed by atoms with Crippen molar-refractivity contribution < 1.29 is 13.2 Å². The number of hydrogen-bond acceptors (Lipinski definition) is 5. The number of amides is 1. The van der Waals surface area contributed by atoms with E-state index in [4.69, 9.17) is 0 Å². The number of benzene rings is 2. The van der Waals surface area contributed by atoms with Crippen LogP contribution in [0.15, 0.2) is 78.0 Å². The Balaban J connectivity index is 1.30. The second kappa shape index (κ2) is 8.18. The van der Waals surface area contributed by atoms with Crippen molar-refractivity contribution in [2.24, 2.45) is 0 Å². The molecule has 0 radical (unpaired) electrons. The van der Waals surface area contributed by atoms with Crippen LogP contribution < -0.4 is 10.0 Å². The standard InChI is InChI=1S/C23H21N5O3S/c29-23(25-14-16-6-10-19(11-7-16)32(30,31)27-18-8-9-18)20-15-26-28-21(12-13-24-22(20)28)17-4-2-1-3-5-17/h1-7,10-13,15,18,27H,8-9,14H2,(H,25,29). The lowest BCUT2D eigenvalue weighted by atomic mass is 10.1. The molecular weight excluding hydrogens is 426 g/mol. The van der Waals surface area contributed by atoms with E-state index in [9.17, 15) is 13.2 Å². The molecule has 1 aliphatic rings. The molecule has 0 atom stereocenters. The SMILES string of the molecule is O=C(NCc1ccc(S(=O)(=O)NC2CC2)cc1)c1cnn2c(-c3ccccc3)ccnc12. The maximum atomic E-state index is 12.8. The largest absolute Gasteiger partial charge is 0.348 e. The number of aromatic nitrogens is 3. The van der Waals surface area contributed by atoms with Gasteiger partial charge in [0, 0.05) is 24.3 Å². The van der Waals surface area contributed by atoms with Crippen LogP contribution in [0.2, 0.25) is 0 Å². The van der Waals surface area contributed by atoms with Gasteiger partial charge in [0.2, 0.25) is 10.0 Å². The maximum Gasteiger partial charge on any atom is 0.257 e. The number of nitrogens with zero attached hydrogens (tertiary/aromatic N) is 3. The van der Waals surface area contributed by atoms with Gasteiger partial charge in [-0.3, -0.25) is 4.79 Å². The Kier molecular flexibility index (Phi) is 5.20. The average Bonchev–Trinajstić information content (AvgIpc) is 3.51. The Morgan fingerprint density at radius 3 is 2.50 bits per heavy atom. The fraction of sp³-hybridized carbons (Fsp3) is 0.174. The van der Waals surface area contributed by atoms with Gasteiger partial charge in [-0.1, -0.05) is 42.5 Å². The van der Waals surface area contributed by atoms with Gasteiger partial charge in [-0.15, -0.1) is 0 Å².